The van der Waals surface area contributed by atoms with Crippen LogP contribution in [0.5, 0.6) is 0 Å². The second-order valence-electron chi connectivity index (χ2n) is 12.8. The third-order valence-corrected chi connectivity index (χ3v) is 9.80. The topological polar surface area (TPSA) is 43.6 Å². The highest BCUT2D eigenvalue weighted by molar-refractivity contribution is 6.25. The van der Waals surface area contributed by atoms with E-state index in [4.69, 9.17) is 15.0 Å². The molecule has 0 N–H and O–H groups in total. The van der Waals surface area contributed by atoms with E-state index in [2.05, 4.69) is 150 Å². The van der Waals surface area contributed by atoms with Gasteiger partial charge in [-0.1, -0.05) is 152 Å². The van der Waals surface area contributed by atoms with Crippen molar-refractivity contribution < 1.29 is 0 Å². The number of aromatic nitrogens is 4. The summed E-state index contributed by atoms with van der Waals surface area (Å²) in [5.41, 5.74) is 11.2. The van der Waals surface area contributed by atoms with Gasteiger partial charge in [0.1, 0.15) is 0 Å². The van der Waals surface area contributed by atoms with Gasteiger partial charge in [-0.15, -0.1) is 0 Å². The number of rotatable bonds is 5. The summed E-state index contributed by atoms with van der Waals surface area (Å²) in [6.45, 7) is 0. The molecule has 0 aliphatic carbocycles. The normalized spacial score (nSPS) is 11.5. The van der Waals surface area contributed by atoms with Gasteiger partial charge in [0.25, 0.3) is 0 Å². The Hall–Kier alpha value is -6.91. The highest BCUT2D eigenvalue weighted by atomic mass is 15.0. The van der Waals surface area contributed by atoms with E-state index in [9.17, 15) is 0 Å². The Labute approximate surface area is 295 Å². The fraction of sp³-hybridized carbons (Fsp3) is 0. The maximum atomic E-state index is 5.39. The lowest BCUT2D eigenvalue weighted by Crippen LogP contribution is -1.97. The largest absolute Gasteiger partial charge is 0.309 e. The standard InChI is InChI=1S/C47H30N4/c1-4-14-31(15-5-1)41-30-42(32-16-6-2-7-17-32)50-47(49-41)34-26-24-33(25-27-34)45-44-38(36-20-10-12-22-40(36)48-45)28-29-39-37-21-11-13-23-43(37)51(46(39)44)35-18-8-3-9-19-35/h1-30H. The maximum absolute atomic E-state index is 5.39. The van der Waals surface area contributed by atoms with Crippen molar-refractivity contribution in [3.63, 3.8) is 0 Å². The predicted octanol–water partition coefficient (Wildman–Crippen LogP) is 11.9. The molecule has 0 fully saturated rings. The molecule has 3 aromatic heterocycles. The van der Waals surface area contributed by atoms with E-state index in [0.717, 1.165) is 66.8 Å². The third kappa shape index (κ3) is 4.88. The van der Waals surface area contributed by atoms with Crippen molar-refractivity contribution >= 4 is 43.5 Å². The summed E-state index contributed by atoms with van der Waals surface area (Å²) in [4.78, 5) is 15.5. The smallest absolute Gasteiger partial charge is 0.160 e. The van der Waals surface area contributed by atoms with Crippen LogP contribution in [0.2, 0.25) is 0 Å². The Kier molecular flexibility index (Phi) is 6.78. The maximum Gasteiger partial charge on any atom is 0.160 e. The molecule has 0 spiro atoms. The minimum absolute atomic E-state index is 0.685. The molecule has 4 nitrogen and oxygen atoms in total. The Bertz CT molecular complexity index is 2820. The average molecular weight is 651 g/mol. The van der Waals surface area contributed by atoms with Crippen LogP contribution in [0.15, 0.2) is 182 Å². The molecule has 3 heterocycles. The molecule has 10 rings (SSSR count). The first kappa shape index (κ1) is 29.0. The van der Waals surface area contributed by atoms with E-state index in [1.54, 1.807) is 0 Å². The van der Waals surface area contributed by atoms with Crippen LogP contribution >= 0.6 is 0 Å². The molecule has 0 unspecified atom stereocenters. The number of fused-ring (bicyclic) bond motifs is 7. The molecule has 10 aromatic rings. The van der Waals surface area contributed by atoms with Crippen LogP contribution in [0.4, 0.5) is 0 Å². The van der Waals surface area contributed by atoms with E-state index in [-0.39, 0.29) is 0 Å². The molecule has 0 saturated heterocycles. The van der Waals surface area contributed by atoms with Crippen LogP contribution in [0.25, 0.3) is 94.3 Å². The fourth-order valence-corrected chi connectivity index (χ4v) is 7.42. The van der Waals surface area contributed by atoms with E-state index in [0.29, 0.717) is 5.82 Å². The highest BCUT2D eigenvalue weighted by Gasteiger charge is 2.20. The molecule has 0 amide bonds. The molecule has 0 saturated carbocycles. The van der Waals surface area contributed by atoms with Crippen LogP contribution in [0, 0.1) is 0 Å². The first-order valence-electron chi connectivity index (χ1n) is 17.2. The zero-order valence-electron chi connectivity index (χ0n) is 27.6. The Morgan fingerprint density at radius 3 is 1.61 bits per heavy atom. The summed E-state index contributed by atoms with van der Waals surface area (Å²) in [5.74, 6) is 0.685. The summed E-state index contributed by atoms with van der Waals surface area (Å²) in [6, 6.07) is 63.6. The molecule has 0 bridgehead atoms. The van der Waals surface area contributed by atoms with Crippen molar-refractivity contribution in [2.45, 2.75) is 0 Å². The molecular weight excluding hydrogens is 621 g/mol. The van der Waals surface area contributed by atoms with Crippen molar-refractivity contribution in [2.75, 3.05) is 0 Å². The third-order valence-electron chi connectivity index (χ3n) is 9.80. The highest BCUT2D eigenvalue weighted by Crippen LogP contribution is 2.42. The molecule has 51 heavy (non-hydrogen) atoms. The van der Waals surface area contributed by atoms with Crippen LogP contribution in [0.3, 0.4) is 0 Å². The van der Waals surface area contributed by atoms with Gasteiger partial charge in [0.05, 0.1) is 33.6 Å². The van der Waals surface area contributed by atoms with Gasteiger partial charge >= 0.3 is 0 Å². The van der Waals surface area contributed by atoms with Crippen LogP contribution < -0.4 is 0 Å². The van der Waals surface area contributed by atoms with Crippen molar-refractivity contribution in [3.05, 3.63) is 182 Å². The van der Waals surface area contributed by atoms with E-state index < -0.39 is 0 Å². The Morgan fingerprint density at radius 2 is 0.922 bits per heavy atom. The lowest BCUT2D eigenvalue weighted by Gasteiger charge is -2.15. The second kappa shape index (κ2) is 11.9. The second-order valence-corrected chi connectivity index (χ2v) is 12.8. The monoisotopic (exact) mass is 650 g/mol. The van der Waals surface area contributed by atoms with Crippen molar-refractivity contribution in [2.24, 2.45) is 0 Å². The summed E-state index contributed by atoms with van der Waals surface area (Å²) in [6.07, 6.45) is 0. The number of hydrogen-bond acceptors (Lipinski definition) is 3. The van der Waals surface area contributed by atoms with Gasteiger partial charge in [0.2, 0.25) is 0 Å². The van der Waals surface area contributed by atoms with Gasteiger partial charge in [-0.3, -0.25) is 0 Å². The molecule has 7 aromatic carbocycles. The first-order chi connectivity index (χ1) is 25.3. The van der Waals surface area contributed by atoms with E-state index in [1.807, 2.05) is 36.4 Å². The zero-order chi connectivity index (χ0) is 33.7. The molecular formula is C47H30N4. The van der Waals surface area contributed by atoms with Crippen molar-refractivity contribution in [1.29, 1.82) is 0 Å². The molecule has 0 aliphatic heterocycles. The summed E-state index contributed by atoms with van der Waals surface area (Å²) in [7, 11) is 0. The van der Waals surface area contributed by atoms with Gasteiger partial charge in [-0.2, -0.15) is 0 Å². The molecule has 4 heteroatoms. The van der Waals surface area contributed by atoms with E-state index >= 15 is 0 Å². The molecule has 0 radical (unpaired) electrons. The van der Waals surface area contributed by atoms with Crippen molar-refractivity contribution in [3.8, 4) is 50.8 Å². The zero-order valence-corrected chi connectivity index (χ0v) is 27.6. The summed E-state index contributed by atoms with van der Waals surface area (Å²) >= 11 is 0. The summed E-state index contributed by atoms with van der Waals surface area (Å²) < 4.78 is 2.40. The number of benzene rings is 7. The quantitative estimate of drug-likeness (QED) is 0.174. The van der Waals surface area contributed by atoms with Crippen LogP contribution in [-0.2, 0) is 0 Å². The number of para-hydroxylation sites is 3. The minimum atomic E-state index is 0.685. The van der Waals surface area contributed by atoms with E-state index in [1.165, 1.54) is 21.7 Å². The average Bonchev–Trinajstić information content (AvgIpc) is 3.56. The minimum Gasteiger partial charge on any atom is -0.309 e. The van der Waals surface area contributed by atoms with Gasteiger partial charge in [0, 0.05) is 49.5 Å². The summed E-state index contributed by atoms with van der Waals surface area (Å²) in [5, 5.41) is 5.87. The Balaban J connectivity index is 1.21. The fourth-order valence-electron chi connectivity index (χ4n) is 7.42. The molecule has 0 atom stereocenters. The van der Waals surface area contributed by atoms with Gasteiger partial charge in [-0.05, 0) is 35.7 Å². The molecule has 238 valence electrons. The number of nitrogens with zero attached hydrogens (tertiary/aromatic N) is 4. The lowest BCUT2D eigenvalue weighted by molar-refractivity contribution is 1.18. The number of pyridine rings is 1. The Morgan fingerprint density at radius 1 is 0.373 bits per heavy atom. The molecule has 0 aliphatic rings. The van der Waals surface area contributed by atoms with Crippen molar-refractivity contribution in [1.82, 2.24) is 19.5 Å². The van der Waals surface area contributed by atoms with Gasteiger partial charge < -0.3 is 4.57 Å². The van der Waals surface area contributed by atoms with Gasteiger partial charge in [-0.25, -0.2) is 15.0 Å². The first-order valence-corrected chi connectivity index (χ1v) is 17.2. The van der Waals surface area contributed by atoms with Gasteiger partial charge in [0.15, 0.2) is 5.82 Å². The predicted molar refractivity (Wildman–Crippen MR) is 211 cm³/mol. The number of hydrogen-bond donors (Lipinski definition) is 0. The van der Waals surface area contributed by atoms with Crippen LogP contribution in [0.1, 0.15) is 0 Å². The lowest BCUT2D eigenvalue weighted by atomic mass is 9.97. The SMILES string of the molecule is c1ccc(-c2cc(-c3ccccc3)nc(-c3ccc(-c4nc5ccccc5c5ccc6c7ccccc7n(-c7ccccc7)c6c45)cc3)n2)cc1. The van der Waals surface area contributed by atoms with Crippen LogP contribution in [-0.4, -0.2) is 19.5 Å².